The molecular formula is C7H14N2. The summed E-state index contributed by atoms with van der Waals surface area (Å²) >= 11 is 0. The van der Waals surface area contributed by atoms with Crippen molar-refractivity contribution < 1.29 is 0 Å². The zero-order chi connectivity index (χ0) is 7.28. The molecule has 0 saturated heterocycles. The van der Waals surface area contributed by atoms with Crippen molar-refractivity contribution in [2.75, 3.05) is 6.54 Å². The lowest BCUT2D eigenvalue weighted by molar-refractivity contribution is 0.740. The quantitative estimate of drug-likeness (QED) is 0.548. The van der Waals surface area contributed by atoms with Crippen LogP contribution in [0, 0.1) is 11.3 Å². The molecule has 0 aromatic carbocycles. The Morgan fingerprint density at radius 3 is 2.67 bits per heavy atom. The fourth-order valence-corrected chi connectivity index (χ4v) is 0.387. The molecule has 0 fully saturated rings. The van der Waals surface area contributed by atoms with Gasteiger partial charge in [0.15, 0.2) is 0 Å². The third-order valence-electron chi connectivity index (χ3n) is 1.05. The van der Waals surface area contributed by atoms with Gasteiger partial charge in [-0.1, -0.05) is 13.0 Å². The Morgan fingerprint density at radius 2 is 2.33 bits per heavy atom. The van der Waals surface area contributed by atoms with E-state index in [0.29, 0.717) is 18.2 Å². The summed E-state index contributed by atoms with van der Waals surface area (Å²) in [6, 6.07) is 0. The van der Waals surface area contributed by atoms with Gasteiger partial charge in [-0.15, -0.1) is 0 Å². The minimum absolute atomic E-state index is 0.394. The molecule has 2 nitrogen and oxygen atoms in total. The first-order valence-corrected chi connectivity index (χ1v) is 3.10. The van der Waals surface area contributed by atoms with E-state index in [2.05, 4.69) is 0 Å². The molecule has 1 unspecified atom stereocenters. The normalized spacial score (nSPS) is 14.1. The van der Waals surface area contributed by atoms with Crippen LogP contribution in [0.4, 0.5) is 0 Å². The van der Waals surface area contributed by atoms with Gasteiger partial charge in [0, 0.05) is 5.71 Å². The summed E-state index contributed by atoms with van der Waals surface area (Å²) in [5.41, 5.74) is 5.92. The van der Waals surface area contributed by atoms with Crippen LogP contribution in [0.25, 0.3) is 0 Å². The van der Waals surface area contributed by atoms with Crippen LogP contribution in [-0.4, -0.2) is 12.3 Å². The number of nitrogens with one attached hydrogen (secondary N) is 1. The molecule has 0 bridgehead atoms. The predicted octanol–water partition coefficient (Wildman–Crippen LogP) is 1.18. The van der Waals surface area contributed by atoms with Crippen molar-refractivity contribution in [1.29, 1.82) is 5.41 Å². The summed E-state index contributed by atoms with van der Waals surface area (Å²) < 4.78 is 0. The first-order chi connectivity index (χ1) is 4.16. The van der Waals surface area contributed by atoms with Gasteiger partial charge in [-0.2, -0.15) is 0 Å². The SMILES string of the molecule is CC(=N)/C=C\C(C)CN. The zero-order valence-corrected chi connectivity index (χ0v) is 6.02. The molecule has 0 saturated carbocycles. The molecule has 0 spiro atoms. The first-order valence-electron chi connectivity index (χ1n) is 3.10. The van der Waals surface area contributed by atoms with E-state index in [0.717, 1.165) is 0 Å². The van der Waals surface area contributed by atoms with E-state index in [9.17, 15) is 0 Å². The van der Waals surface area contributed by atoms with Gasteiger partial charge in [-0.3, -0.25) is 0 Å². The maximum Gasteiger partial charge on any atom is 0.0279 e. The van der Waals surface area contributed by atoms with Crippen molar-refractivity contribution in [2.24, 2.45) is 11.7 Å². The summed E-state index contributed by atoms with van der Waals surface area (Å²) in [6.07, 6.45) is 3.72. The van der Waals surface area contributed by atoms with Crippen molar-refractivity contribution in [3.63, 3.8) is 0 Å². The van der Waals surface area contributed by atoms with E-state index >= 15 is 0 Å². The number of hydrogen-bond acceptors (Lipinski definition) is 2. The van der Waals surface area contributed by atoms with Gasteiger partial charge < -0.3 is 11.1 Å². The molecule has 0 aliphatic rings. The minimum Gasteiger partial charge on any atom is -0.330 e. The molecule has 0 aromatic heterocycles. The average molecular weight is 126 g/mol. The molecule has 0 radical (unpaired) electrons. The summed E-state index contributed by atoms with van der Waals surface area (Å²) in [5.74, 6) is 0.394. The second-order valence-corrected chi connectivity index (χ2v) is 2.26. The summed E-state index contributed by atoms with van der Waals surface area (Å²) in [6.45, 7) is 4.43. The van der Waals surface area contributed by atoms with Crippen LogP contribution in [0.1, 0.15) is 13.8 Å². The van der Waals surface area contributed by atoms with Crippen molar-refractivity contribution in [3.8, 4) is 0 Å². The molecule has 2 heteroatoms. The highest BCUT2D eigenvalue weighted by Gasteiger charge is 1.89. The zero-order valence-electron chi connectivity index (χ0n) is 6.02. The van der Waals surface area contributed by atoms with Crippen LogP contribution in [-0.2, 0) is 0 Å². The van der Waals surface area contributed by atoms with Crippen molar-refractivity contribution >= 4 is 5.71 Å². The first kappa shape index (κ1) is 8.37. The van der Waals surface area contributed by atoms with Crippen molar-refractivity contribution in [2.45, 2.75) is 13.8 Å². The van der Waals surface area contributed by atoms with Crippen LogP contribution in [0.2, 0.25) is 0 Å². The van der Waals surface area contributed by atoms with E-state index < -0.39 is 0 Å². The fourth-order valence-electron chi connectivity index (χ4n) is 0.387. The highest BCUT2D eigenvalue weighted by atomic mass is 14.5. The molecule has 0 aliphatic carbocycles. The summed E-state index contributed by atoms with van der Waals surface area (Å²) in [7, 11) is 0. The molecular weight excluding hydrogens is 112 g/mol. The average Bonchev–Trinajstić information content (AvgIpc) is 1.83. The maximum absolute atomic E-state index is 7.04. The lowest BCUT2D eigenvalue weighted by Crippen LogP contribution is -2.07. The number of hydrogen-bond donors (Lipinski definition) is 2. The largest absolute Gasteiger partial charge is 0.330 e. The van der Waals surface area contributed by atoms with E-state index in [4.69, 9.17) is 11.1 Å². The van der Waals surface area contributed by atoms with E-state index in [1.807, 2.05) is 13.0 Å². The molecule has 52 valence electrons. The third-order valence-corrected chi connectivity index (χ3v) is 1.05. The molecule has 0 amide bonds. The van der Waals surface area contributed by atoms with Gasteiger partial charge in [0.2, 0.25) is 0 Å². The van der Waals surface area contributed by atoms with Gasteiger partial charge in [0.25, 0.3) is 0 Å². The number of rotatable bonds is 3. The van der Waals surface area contributed by atoms with E-state index in [-0.39, 0.29) is 0 Å². The van der Waals surface area contributed by atoms with Gasteiger partial charge >= 0.3 is 0 Å². The summed E-state index contributed by atoms with van der Waals surface area (Å²) in [5, 5.41) is 7.04. The molecule has 3 N–H and O–H groups in total. The van der Waals surface area contributed by atoms with E-state index in [1.165, 1.54) is 0 Å². The molecule has 1 atom stereocenters. The number of nitrogens with two attached hydrogens (primary N) is 1. The second-order valence-electron chi connectivity index (χ2n) is 2.26. The Bertz CT molecular complexity index is 116. The van der Waals surface area contributed by atoms with Gasteiger partial charge in [0.05, 0.1) is 0 Å². The Kier molecular flexibility index (Phi) is 3.97. The van der Waals surface area contributed by atoms with Crippen LogP contribution < -0.4 is 5.73 Å². The monoisotopic (exact) mass is 126 g/mol. The Hall–Kier alpha value is -0.630. The van der Waals surface area contributed by atoms with Gasteiger partial charge in [-0.05, 0) is 25.5 Å². The van der Waals surface area contributed by atoms with E-state index in [1.54, 1.807) is 13.0 Å². The Balaban J connectivity index is 3.56. The van der Waals surface area contributed by atoms with Crippen LogP contribution >= 0.6 is 0 Å². The van der Waals surface area contributed by atoms with Crippen molar-refractivity contribution in [3.05, 3.63) is 12.2 Å². The van der Waals surface area contributed by atoms with Crippen LogP contribution in [0.5, 0.6) is 0 Å². The van der Waals surface area contributed by atoms with Crippen LogP contribution in [0.15, 0.2) is 12.2 Å². The molecule has 0 heterocycles. The smallest absolute Gasteiger partial charge is 0.0279 e. The van der Waals surface area contributed by atoms with Crippen LogP contribution in [0.3, 0.4) is 0 Å². The highest BCUT2D eigenvalue weighted by Crippen LogP contribution is 1.92. The highest BCUT2D eigenvalue weighted by molar-refractivity contribution is 5.89. The van der Waals surface area contributed by atoms with Gasteiger partial charge in [-0.25, -0.2) is 0 Å². The number of allylic oxidation sites excluding steroid dienone is 1. The molecule has 0 rings (SSSR count). The molecule has 0 aromatic rings. The third kappa shape index (κ3) is 5.24. The van der Waals surface area contributed by atoms with Gasteiger partial charge in [0.1, 0.15) is 0 Å². The summed E-state index contributed by atoms with van der Waals surface area (Å²) in [4.78, 5) is 0. The standard InChI is InChI=1S/C7H14N2/c1-6(5-8)3-4-7(2)9/h3-4,6,9H,5,8H2,1-2H3/b4-3-,9-7?. The topological polar surface area (TPSA) is 49.9 Å². The molecule has 9 heavy (non-hydrogen) atoms. The fraction of sp³-hybridized carbons (Fsp3) is 0.571. The van der Waals surface area contributed by atoms with Crippen molar-refractivity contribution in [1.82, 2.24) is 0 Å². The lowest BCUT2D eigenvalue weighted by atomic mass is 10.1. The molecule has 0 aliphatic heterocycles. The minimum atomic E-state index is 0.394. The Labute approximate surface area is 56.3 Å². The maximum atomic E-state index is 7.04. The lowest BCUT2D eigenvalue weighted by Gasteiger charge is -1.97. The second kappa shape index (κ2) is 4.27. The Morgan fingerprint density at radius 1 is 1.78 bits per heavy atom. The predicted molar refractivity (Wildman–Crippen MR) is 40.8 cm³/mol.